The second-order valence-corrected chi connectivity index (χ2v) is 11.3. The van der Waals surface area contributed by atoms with E-state index in [4.69, 9.17) is 4.74 Å². The molecule has 0 unspecified atom stereocenters. The maximum Gasteiger partial charge on any atom is 0.270 e. The number of hydrogen-bond donors (Lipinski definition) is 2. The number of rotatable bonds is 6. The van der Waals surface area contributed by atoms with Gasteiger partial charge in [-0.1, -0.05) is 49.9 Å². The average Bonchev–Trinajstić information content (AvgIpc) is 3.77. The van der Waals surface area contributed by atoms with Gasteiger partial charge in [-0.05, 0) is 42.2 Å². The van der Waals surface area contributed by atoms with Crippen molar-refractivity contribution in [1.29, 1.82) is 5.26 Å². The van der Waals surface area contributed by atoms with Crippen molar-refractivity contribution < 1.29 is 19.1 Å². The van der Waals surface area contributed by atoms with Crippen LogP contribution in [0, 0.1) is 17.2 Å². The van der Waals surface area contributed by atoms with Crippen LogP contribution in [0.5, 0.6) is 5.75 Å². The van der Waals surface area contributed by atoms with E-state index in [1.807, 2.05) is 42.5 Å². The fourth-order valence-corrected chi connectivity index (χ4v) is 6.92. The van der Waals surface area contributed by atoms with Gasteiger partial charge in [0.2, 0.25) is 11.8 Å². The molecule has 40 heavy (non-hydrogen) atoms. The number of nitrogens with zero attached hydrogens (tertiary/aromatic N) is 3. The van der Waals surface area contributed by atoms with Crippen molar-refractivity contribution in [2.45, 2.75) is 56.0 Å². The molecule has 6 rings (SSSR count). The summed E-state index contributed by atoms with van der Waals surface area (Å²) in [4.78, 5) is 47.6. The molecule has 9 heteroatoms. The number of amides is 3. The summed E-state index contributed by atoms with van der Waals surface area (Å²) >= 11 is 0. The highest BCUT2D eigenvalue weighted by molar-refractivity contribution is 6.07. The molecule has 206 valence electrons. The average molecular weight is 540 g/mol. The van der Waals surface area contributed by atoms with E-state index in [0.717, 1.165) is 47.8 Å². The summed E-state index contributed by atoms with van der Waals surface area (Å²) in [6, 6.07) is 15.5. The Hall–Kier alpha value is -4.32. The summed E-state index contributed by atoms with van der Waals surface area (Å²) in [7, 11) is 3.25. The molecular formula is C31H33N5O4. The predicted octanol–water partition coefficient (Wildman–Crippen LogP) is 4.21. The minimum Gasteiger partial charge on any atom is -0.496 e. The number of ether oxygens (including phenoxy) is 1. The van der Waals surface area contributed by atoms with Crippen LogP contribution in [0.2, 0.25) is 0 Å². The van der Waals surface area contributed by atoms with Gasteiger partial charge in [-0.25, -0.2) is 0 Å². The van der Waals surface area contributed by atoms with E-state index < -0.39 is 17.5 Å². The number of nitrogens with one attached hydrogen (secondary N) is 2. The van der Waals surface area contributed by atoms with Crippen LogP contribution in [0.25, 0.3) is 10.9 Å². The maximum absolute atomic E-state index is 14.3. The number of carbonyl (C=O) groups is 3. The third-order valence-corrected chi connectivity index (χ3v) is 9.09. The van der Waals surface area contributed by atoms with Crippen molar-refractivity contribution in [1.82, 2.24) is 14.8 Å². The number of fused-ring (bicyclic) bond motifs is 3. The van der Waals surface area contributed by atoms with Gasteiger partial charge in [0.05, 0.1) is 18.6 Å². The van der Waals surface area contributed by atoms with Crippen LogP contribution in [-0.4, -0.2) is 65.3 Å². The minimum atomic E-state index is -0.971. The lowest BCUT2D eigenvalue weighted by molar-refractivity contribution is -0.136. The molecule has 3 atom stereocenters. The third-order valence-electron chi connectivity index (χ3n) is 9.09. The number of anilines is 1. The quantitative estimate of drug-likeness (QED) is 0.487. The number of methoxy groups -OCH3 is 1. The van der Waals surface area contributed by atoms with Crippen LogP contribution in [0.3, 0.4) is 0 Å². The Labute approximate surface area is 233 Å². The van der Waals surface area contributed by atoms with Gasteiger partial charge in [0.1, 0.15) is 23.5 Å². The van der Waals surface area contributed by atoms with E-state index in [2.05, 4.69) is 16.4 Å². The molecule has 1 saturated heterocycles. The Bertz CT molecular complexity index is 1530. The number of para-hydroxylation sites is 1. The molecule has 2 aliphatic heterocycles. The highest BCUT2D eigenvalue weighted by atomic mass is 16.5. The second-order valence-electron chi connectivity index (χ2n) is 11.3. The summed E-state index contributed by atoms with van der Waals surface area (Å²) in [5.41, 5.74) is 1.71. The molecule has 1 aliphatic carbocycles. The number of hydrogen-bond acceptors (Lipinski definition) is 5. The van der Waals surface area contributed by atoms with Crippen molar-refractivity contribution in [3.8, 4) is 11.8 Å². The largest absolute Gasteiger partial charge is 0.496 e. The first-order chi connectivity index (χ1) is 19.4. The molecule has 3 aliphatic rings. The fourth-order valence-electron chi connectivity index (χ4n) is 6.92. The topological polar surface area (TPSA) is 119 Å². The van der Waals surface area contributed by atoms with E-state index in [0.29, 0.717) is 23.8 Å². The van der Waals surface area contributed by atoms with E-state index in [1.165, 1.54) is 4.90 Å². The van der Waals surface area contributed by atoms with Crippen LogP contribution in [0.15, 0.2) is 48.5 Å². The molecule has 3 aromatic rings. The van der Waals surface area contributed by atoms with E-state index >= 15 is 0 Å². The lowest BCUT2D eigenvalue weighted by Crippen LogP contribution is -2.52. The number of carbonyl (C=O) groups excluding carboxylic acids is 3. The summed E-state index contributed by atoms with van der Waals surface area (Å²) < 4.78 is 5.46. The second kappa shape index (κ2) is 10.0. The molecule has 1 aromatic heterocycles. The van der Waals surface area contributed by atoms with Crippen LogP contribution < -0.4 is 10.1 Å². The number of H-pyrrole nitrogens is 1. The number of aromatic amines is 1. The van der Waals surface area contributed by atoms with Crippen LogP contribution in [0.1, 0.15) is 54.6 Å². The van der Waals surface area contributed by atoms with Gasteiger partial charge < -0.3 is 24.8 Å². The Morgan fingerprint density at radius 2 is 1.98 bits per heavy atom. The molecule has 3 amide bonds. The summed E-state index contributed by atoms with van der Waals surface area (Å²) in [5, 5.41) is 13.8. The molecule has 2 fully saturated rings. The standard InChI is InChI=1S/C31H33N5O4/c1-35(28(37)25-15-21-23(33-25)12-7-13-27(21)40-2)26(14-19-8-3-4-9-19)29(38)36-18-31(16-20(36)17-32)22-10-5-6-11-24(22)34-30(31)39/h5-7,10-13,15,19-20,26,33H,3-4,8-9,14,16,18H2,1-2H3,(H,34,39)/t20-,26-,31-/m0/s1. The van der Waals surface area contributed by atoms with Gasteiger partial charge >= 0.3 is 0 Å². The smallest absolute Gasteiger partial charge is 0.270 e. The monoisotopic (exact) mass is 539 g/mol. The minimum absolute atomic E-state index is 0.111. The van der Waals surface area contributed by atoms with E-state index in [-0.39, 0.29) is 30.7 Å². The first-order valence-corrected chi connectivity index (χ1v) is 13.9. The third kappa shape index (κ3) is 4.10. The zero-order chi connectivity index (χ0) is 28.0. The molecular weight excluding hydrogens is 506 g/mol. The number of likely N-dealkylation sites (N-methyl/N-ethyl adjacent to an activating group) is 1. The van der Waals surface area contributed by atoms with Gasteiger partial charge in [0.15, 0.2) is 0 Å². The number of aromatic nitrogens is 1. The Morgan fingerprint density at radius 1 is 1.20 bits per heavy atom. The van der Waals surface area contributed by atoms with Crippen molar-refractivity contribution in [3.05, 3.63) is 59.8 Å². The molecule has 1 spiro atoms. The summed E-state index contributed by atoms with van der Waals surface area (Å²) in [6.45, 7) is 0.111. The molecule has 2 aromatic carbocycles. The van der Waals surface area contributed by atoms with Crippen molar-refractivity contribution in [2.75, 3.05) is 26.0 Å². The molecule has 3 heterocycles. The molecule has 2 N–H and O–H groups in total. The molecule has 1 saturated carbocycles. The Morgan fingerprint density at radius 3 is 2.73 bits per heavy atom. The molecule has 9 nitrogen and oxygen atoms in total. The lowest BCUT2D eigenvalue weighted by atomic mass is 9.80. The van der Waals surface area contributed by atoms with Gasteiger partial charge in [-0.3, -0.25) is 14.4 Å². The summed E-state index contributed by atoms with van der Waals surface area (Å²) in [6.07, 6.45) is 4.99. The Balaban J connectivity index is 1.32. The van der Waals surface area contributed by atoms with Crippen molar-refractivity contribution in [3.63, 3.8) is 0 Å². The highest BCUT2D eigenvalue weighted by Crippen LogP contribution is 2.46. The van der Waals surface area contributed by atoms with Crippen LogP contribution in [0.4, 0.5) is 5.69 Å². The molecule has 0 bridgehead atoms. The van der Waals surface area contributed by atoms with Crippen molar-refractivity contribution in [2.24, 2.45) is 5.92 Å². The maximum atomic E-state index is 14.3. The van der Waals surface area contributed by atoms with E-state index in [9.17, 15) is 19.6 Å². The summed E-state index contributed by atoms with van der Waals surface area (Å²) in [5.74, 6) is 0.203. The molecule has 0 radical (unpaired) electrons. The van der Waals surface area contributed by atoms with Gasteiger partial charge in [0.25, 0.3) is 5.91 Å². The first-order valence-electron chi connectivity index (χ1n) is 13.9. The lowest BCUT2D eigenvalue weighted by Gasteiger charge is -2.33. The number of benzene rings is 2. The van der Waals surface area contributed by atoms with Gasteiger partial charge in [-0.2, -0.15) is 5.26 Å². The highest BCUT2D eigenvalue weighted by Gasteiger charge is 2.56. The fraction of sp³-hybridized carbons (Fsp3) is 0.419. The van der Waals surface area contributed by atoms with Gasteiger partial charge in [-0.15, -0.1) is 0 Å². The SMILES string of the molecule is COc1cccc2[nH]c(C(=O)N(C)[C@@H](CC3CCCC3)C(=O)N3C[C@]4(C[C@H]3C#N)C(=O)Nc3ccccc34)cc12. The zero-order valence-electron chi connectivity index (χ0n) is 22.8. The van der Waals surface area contributed by atoms with Crippen LogP contribution >= 0.6 is 0 Å². The number of nitriles is 1. The van der Waals surface area contributed by atoms with Gasteiger partial charge in [0, 0.05) is 36.6 Å². The van der Waals surface area contributed by atoms with Crippen molar-refractivity contribution >= 4 is 34.3 Å². The predicted molar refractivity (Wildman–Crippen MR) is 150 cm³/mol. The first kappa shape index (κ1) is 25.9. The Kier molecular flexibility index (Phi) is 6.49. The normalized spacial score (nSPS) is 22.8. The van der Waals surface area contributed by atoms with E-state index in [1.54, 1.807) is 25.1 Å². The zero-order valence-corrected chi connectivity index (χ0v) is 22.8. The number of likely N-dealkylation sites (tertiary alicyclic amines) is 1. The van der Waals surface area contributed by atoms with Crippen LogP contribution in [-0.2, 0) is 15.0 Å².